The quantitative estimate of drug-likeness (QED) is 0.767. The van der Waals surface area contributed by atoms with Crippen LogP contribution in [0.15, 0.2) is 48.5 Å². The molecule has 1 N–H and O–H groups in total. The van der Waals surface area contributed by atoms with Crippen molar-refractivity contribution in [2.24, 2.45) is 5.41 Å². The van der Waals surface area contributed by atoms with Crippen LogP contribution in [0.2, 0.25) is 10.0 Å². The number of carbonyl (C=O) groups excluding carboxylic acids is 2. The first-order chi connectivity index (χ1) is 12.1. The molecule has 0 aliphatic carbocycles. The Morgan fingerprint density at radius 3 is 2.23 bits per heavy atom. The minimum absolute atomic E-state index is 0.0504. The molecule has 0 unspecified atom stereocenters. The molecule has 0 aliphatic heterocycles. The first-order valence-corrected chi connectivity index (χ1v) is 9.00. The highest BCUT2D eigenvalue weighted by molar-refractivity contribution is 6.31. The van der Waals surface area contributed by atoms with E-state index in [0.29, 0.717) is 27.8 Å². The molecule has 0 heterocycles. The number of benzene rings is 2. The van der Waals surface area contributed by atoms with Crippen molar-refractivity contribution in [2.75, 3.05) is 18.4 Å². The minimum Gasteiger partial charge on any atom is -0.329 e. The molecule has 2 amide bonds. The number of anilines is 1. The van der Waals surface area contributed by atoms with E-state index < -0.39 is 0 Å². The third-order valence-electron chi connectivity index (χ3n) is 3.49. The summed E-state index contributed by atoms with van der Waals surface area (Å²) in [6.45, 7) is 6.45. The van der Waals surface area contributed by atoms with Gasteiger partial charge in [0.15, 0.2) is 0 Å². The summed E-state index contributed by atoms with van der Waals surface area (Å²) in [5.74, 6) is -0.489. The molecule has 2 aromatic rings. The van der Waals surface area contributed by atoms with E-state index in [1.54, 1.807) is 53.4 Å². The summed E-state index contributed by atoms with van der Waals surface area (Å²) in [6.07, 6.45) is 0. The number of carbonyl (C=O) groups is 2. The van der Waals surface area contributed by atoms with E-state index in [1.165, 1.54) is 0 Å². The third kappa shape index (κ3) is 6.36. The highest BCUT2D eigenvalue weighted by Crippen LogP contribution is 2.19. The van der Waals surface area contributed by atoms with E-state index in [4.69, 9.17) is 23.2 Å². The van der Waals surface area contributed by atoms with Gasteiger partial charge in [0.05, 0.1) is 0 Å². The van der Waals surface area contributed by atoms with E-state index >= 15 is 0 Å². The molecule has 0 spiro atoms. The van der Waals surface area contributed by atoms with Gasteiger partial charge in [-0.3, -0.25) is 9.59 Å². The molecule has 0 saturated carbocycles. The summed E-state index contributed by atoms with van der Waals surface area (Å²) in [5.41, 5.74) is 0.935. The third-order valence-corrected chi connectivity index (χ3v) is 3.97. The van der Waals surface area contributed by atoms with Crippen LogP contribution in [0.5, 0.6) is 0 Å². The number of hydrogen-bond acceptors (Lipinski definition) is 2. The van der Waals surface area contributed by atoms with Crippen LogP contribution in [0.3, 0.4) is 0 Å². The maximum absolute atomic E-state index is 12.9. The van der Waals surface area contributed by atoms with Crippen molar-refractivity contribution in [2.45, 2.75) is 20.8 Å². The first-order valence-electron chi connectivity index (χ1n) is 8.24. The fourth-order valence-electron chi connectivity index (χ4n) is 2.49. The maximum atomic E-state index is 12.9. The van der Waals surface area contributed by atoms with Gasteiger partial charge in [-0.05, 0) is 47.9 Å². The van der Waals surface area contributed by atoms with Crippen LogP contribution in [0.25, 0.3) is 0 Å². The van der Waals surface area contributed by atoms with E-state index in [0.717, 1.165) is 0 Å². The lowest BCUT2D eigenvalue weighted by Crippen LogP contribution is -2.42. The molecule has 0 aliphatic rings. The lowest BCUT2D eigenvalue weighted by atomic mass is 9.95. The van der Waals surface area contributed by atoms with Crippen LogP contribution < -0.4 is 5.32 Å². The molecule has 4 nitrogen and oxygen atoms in total. The molecule has 0 fully saturated rings. The van der Waals surface area contributed by atoms with Gasteiger partial charge in [0, 0.05) is 27.8 Å². The Labute approximate surface area is 164 Å². The van der Waals surface area contributed by atoms with Gasteiger partial charge < -0.3 is 10.2 Å². The van der Waals surface area contributed by atoms with Gasteiger partial charge in [-0.2, -0.15) is 0 Å². The molecular weight excluding hydrogens is 371 g/mol. The summed E-state index contributed by atoms with van der Waals surface area (Å²) < 4.78 is 0. The van der Waals surface area contributed by atoms with Gasteiger partial charge in [-0.1, -0.05) is 50.0 Å². The van der Waals surface area contributed by atoms with Gasteiger partial charge >= 0.3 is 0 Å². The zero-order valence-corrected chi connectivity index (χ0v) is 16.6. The van der Waals surface area contributed by atoms with E-state index in [2.05, 4.69) is 5.32 Å². The predicted molar refractivity (Wildman–Crippen MR) is 107 cm³/mol. The van der Waals surface area contributed by atoms with Gasteiger partial charge in [-0.25, -0.2) is 0 Å². The van der Waals surface area contributed by atoms with Crippen LogP contribution in [-0.2, 0) is 4.79 Å². The largest absolute Gasteiger partial charge is 0.329 e. The average Bonchev–Trinajstić information content (AvgIpc) is 2.53. The normalized spacial score (nSPS) is 11.1. The van der Waals surface area contributed by atoms with Crippen LogP contribution in [0.4, 0.5) is 5.69 Å². The maximum Gasteiger partial charge on any atom is 0.254 e. The van der Waals surface area contributed by atoms with E-state index in [-0.39, 0.29) is 23.8 Å². The number of hydrogen-bond donors (Lipinski definition) is 1. The predicted octanol–water partition coefficient (Wildman–Crippen LogP) is 5.12. The number of amides is 2. The molecule has 6 heteroatoms. The van der Waals surface area contributed by atoms with Crippen molar-refractivity contribution < 1.29 is 9.59 Å². The molecule has 0 radical (unpaired) electrons. The van der Waals surface area contributed by atoms with Crippen LogP contribution in [0.1, 0.15) is 31.1 Å². The minimum atomic E-state index is -0.279. The Morgan fingerprint density at radius 2 is 1.65 bits per heavy atom. The lowest BCUT2D eigenvalue weighted by Gasteiger charge is -2.29. The summed E-state index contributed by atoms with van der Waals surface area (Å²) in [5, 5.41) is 3.87. The zero-order chi connectivity index (χ0) is 19.3. The van der Waals surface area contributed by atoms with Crippen LogP contribution in [-0.4, -0.2) is 29.8 Å². The lowest BCUT2D eigenvalue weighted by molar-refractivity contribution is -0.117. The van der Waals surface area contributed by atoms with E-state index in [9.17, 15) is 9.59 Å². The molecule has 0 atom stereocenters. The van der Waals surface area contributed by atoms with Crippen molar-refractivity contribution in [3.8, 4) is 0 Å². The van der Waals surface area contributed by atoms with Crippen molar-refractivity contribution >= 4 is 40.7 Å². The van der Waals surface area contributed by atoms with Crippen LogP contribution in [0, 0.1) is 5.41 Å². The summed E-state index contributed by atoms with van der Waals surface area (Å²) in [6, 6.07) is 13.5. The number of nitrogens with one attached hydrogen (secondary N) is 1. The highest BCUT2D eigenvalue weighted by atomic mass is 35.5. The fourth-order valence-corrected chi connectivity index (χ4v) is 2.80. The van der Waals surface area contributed by atoms with Crippen molar-refractivity contribution in [3.05, 3.63) is 64.1 Å². The first kappa shape index (κ1) is 20.3. The molecule has 0 bridgehead atoms. The molecule has 26 heavy (non-hydrogen) atoms. The fraction of sp³-hybridized carbons (Fsp3) is 0.300. The summed E-state index contributed by atoms with van der Waals surface area (Å²) in [7, 11) is 0. The Kier molecular flexibility index (Phi) is 6.68. The van der Waals surface area contributed by atoms with Crippen molar-refractivity contribution in [1.29, 1.82) is 0 Å². The Balaban J connectivity index is 2.14. The molecular formula is C20H22Cl2N2O2. The summed E-state index contributed by atoms with van der Waals surface area (Å²) >= 11 is 11.8. The van der Waals surface area contributed by atoms with Crippen molar-refractivity contribution in [3.63, 3.8) is 0 Å². The molecule has 2 aromatic carbocycles. The Hall–Kier alpha value is -2.04. The average molecular weight is 393 g/mol. The zero-order valence-electron chi connectivity index (χ0n) is 15.1. The standard InChI is InChI=1S/C20H22Cl2N2O2/c1-20(2,3)13-24(19(26)14-7-9-15(21)10-8-14)12-18(25)23-17-6-4-5-16(22)11-17/h4-11H,12-13H2,1-3H3,(H,23,25). The molecule has 0 saturated heterocycles. The smallest absolute Gasteiger partial charge is 0.254 e. The second-order valence-corrected chi connectivity index (χ2v) is 8.16. The molecule has 2 rings (SSSR count). The van der Waals surface area contributed by atoms with Gasteiger partial charge in [0.2, 0.25) is 5.91 Å². The van der Waals surface area contributed by atoms with Crippen LogP contribution >= 0.6 is 23.2 Å². The number of halogens is 2. The Bertz CT molecular complexity index is 783. The molecule has 0 aromatic heterocycles. The highest BCUT2D eigenvalue weighted by Gasteiger charge is 2.24. The van der Waals surface area contributed by atoms with Gasteiger partial charge in [0.1, 0.15) is 6.54 Å². The van der Waals surface area contributed by atoms with Crippen molar-refractivity contribution in [1.82, 2.24) is 4.90 Å². The van der Waals surface area contributed by atoms with E-state index in [1.807, 2.05) is 20.8 Å². The Morgan fingerprint density at radius 1 is 1.00 bits per heavy atom. The monoisotopic (exact) mass is 392 g/mol. The molecule has 138 valence electrons. The SMILES string of the molecule is CC(C)(C)CN(CC(=O)Nc1cccc(Cl)c1)C(=O)c1ccc(Cl)cc1. The summed E-state index contributed by atoms with van der Waals surface area (Å²) in [4.78, 5) is 26.8. The van der Waals surface area contributed by atoms with Gasteiger partial charge in [0.25, 0.3) is 5.91 Å². The van der Waals surface area contributed by atoms with Gasteiger partial charge in [-0.15, -0.1) is 0 Å². The second-order valence-electron chi connectivity index (χ2n) is 7.29. The second kappa shape index (κ2) is 8.56. The number of nitrogens with zero attached hydrogens (tertiary/aromatic N) is 1. The topological polar surface area (TPSA) is 49.4 Å². The number of rotatable bonds is 5.